The fourth-order valence-corrected chi connectivity index (χ4v) is 5.42. The zero-order valence-electron chi connectivity index (χ0n) is 22.3. The highest BCUT2D eigenvalue weighted by molar-refractivity contribution is 5.79. The molecule has 4 atom stereocenters. The zero-order chi connectivity index (χ0) is 26.3. The van der Waals surface area contributed by atoms with E-state index in [1.54, 1.807) is 6.08 Å². The van der Waals surface area contributed by atoms with Crippen LogP contribution in [0.15, 0.2) is 78.9 Å². The smallest absolute Gasteiger partial charge is 0.327 e. The molecule has 3 rings (SSSR count). The molecule has 1 aliphatic carbocycles. The number of carbonyl (C=O) groups is 1. The highest BCUT2D eigenvalue weighted by atomic mass is 16.5. The van der Waals surface area contributed by atoms with Gasteiger partial charge in [0.25, 0.3) is 0 Å². The van der Waals surface area contributed by atoms with E-state index in [0.29, 0.717) is 24.9 Å². The van der Waals surface area contributed by atoms with Crippen molar-refractivity contribution in [3.05, 3.63) is 84.5 Å². The van der Waals surface area contributed by atoms with Gasteiger partial charge in [0.1, 0.15) is 0 Å². The highest BCUT2D eigenvalue weighted by Gasteiger charge is 2.35. The number of aliphatic hydroxyl groups is 1. The van der Waals surface area contributed by atoms with E-state index < -0.39 is 5.97 Å². The number of carboxylic acid groups (broad SMARTS) is 1. The Balaban J connectivity index is 1.55. The maximum atomic E-state index is 10.7. The lowest BCUT2D eigenvalue weighted by atomic mass is 9.86. The van der Waals surface area contributed by atoms with Gasteiger partial charge in [0.2, 0.25) is 0 Å². The SMILES string of the molecule is CCCCC[C@@H](O)CC[C@@H]1CC[C@H](OCc2ccc(-c3ccccc3)cc2)[C@@H]1CC=CCC=CC(=O)O. The minimum Gasteiger partial charge on any atom is -0.478 e. The predicted molar refractivity (Wildman–Crippen MR) is 151 cm³/mol. The first kappa shape index (κ1) is 28.9. The average Bonchev–Trinajstić information content (AvgIpc) is 3.30. The number of ether oxygens (including phenoxy) is 1. The molecule has 4 nitrogen and oxygen atoms in total. The first-order valence-corrected chi connectivity index (χ1v) is 14.0. The zero-order valence-corrected chi connectivity index (χ0v) is 22.3. The van der Waals surface area contributed by atoms with Crippen LogP contribution < -0.4 is 0 Å². The largest absolute Gasteiger partial charge is 0.478 e. The fraction of sp³-hybridized carbons (Fsp3) is 0.485. The summed E-state index contributed by atoms with van der Waals surface area (Å²) < 4.78 is 6.49. The van der Waals surface area contributed by atoms with Crippen molar-refractivity contribution in [3.63, 3.8) is 0 Å². The van der Waals surface area contributed by atoms with Crippen molar-refractivity contribution in [2.75, 3.05) is 0 Å². The molecule has 2 aromatic carbocycles. The number of unbranched alkanes of at least 4 members (excludes halogenated alkanes) is 2. The molecular formula is C33H44O4. The lowest BCUT2D eigenvalue weighted by molar-refractivity contribution is -0.131. The maximum Gasteiger partial charge on any atom is 0.327 e. The van der Waals surface area contributed by atoms with Crippen molar-refractivity contribution >= 4 is 5.97 Å². The lowest BCUT2D eigenvalue weighted by Crippen LogP contribution is -2.23. The molecule has 200 valence electrons. The van der Waals surface area contributed by atoms with Crippen LogP contribution in [0.4, 0.5) is 0 Å². The third kappa shape index (κ3) is 10.3. The molecule has 0 heterocycles. The normalized spacial score (nSPS) is 20.6. The van der Waals surface area contributed by atoms with Crippen LogP contribution in [-0.2, 0) is 16.1 Å². The third-order valence-electron chi connectivity index (χ3n) is 7.55. The number of hydrogen-bond donors (Lipinski definition) is 2. The maximum absolute atomic E-state index is 10.7. The fourth-order valence-electron chi connectivity index (χ4n) is 5.42. The van der Waals surface area contributed by atoms with E-state index in [4.69, 9.17) is 9.84 Å². The Morgan fingerprint density at radius 3 is 2.46 bits per heavy atom. The summed E-state index contributed by atoms with van der Waals surface area (Å²) in [5, 5.41) is 19.2. The van der Waals surface area contributed by atoms with Gasteiger partial charge >= 0.3 is 5.97 Å². The van der Waals surface area contributed by atoms with Gasteiger partial charge in [-0.3, -0.25) is 0 Å². The van der Waals surface area contributed by atoms with E-state index in [1.807, 2.05) is 12.1 Å². The van der Waals surface area contributed by atoms with Gasteiger partial charge in [0, 0.05) is 6.08 Å². The molecule has 37 heavy (non-hydrogen) atoms. The van der Waals surface area contributed by atoms with Crippen LogP contribution in [0.2, 0.25) is 0 Å². The van der Waals surface area contributed by atoms with Crippen LogP contribution in [0.25, 0.3) is 11.1 Å². The second kappa shape index (κ2) is 16.2. The average molecular weight is 505 g/mol. The lowest BCUT2D eigenvalue weighted by Gasteiger charge is -2.25. The van der Waals surface area contributed by atoms with Gasteiger partial charge in [-0.05, 0) is 73.5 Å². The molecule has 0 saturated heterocycles. The minimum absolute atomic E-state index is 0.202. The molecule has 0 spiro atoms. The van der Waals surface area contributed by atoms with Gasteiger partial charge in [-0.25, -0.2) is 4.79 Å². The van der Waals surface area contributed by atoms with Crippen molar-refractivity contribution in [2.45, 2.75) is 89.9 Å². The topological polar surface area (TPSA) is 66.8 Å². The number of aliphatic carboxylic acids is 1. The van der Waals surface area contributed by atoms with E-state index in [1.165, 1.54) is 35.6 Å². The van der Waals surface area contributed by atoms with Gasteiger partial charge in [0.05, 0.1) is 18.8 Å². The summed E-state index contributed by atoms with van der Waals surface area (Å²) >= 11 is 0. The summed E-state index contributed by atoms with van der Waals surface area (Å²) in [5.74, 6) is 0.0589. The number of aliphatic hydroxyl groups excluding tert-OH is 1. The van der Waals surface area contributed by atoms with Crippen LogP contribution in [0.1, 0.15) is 76.7 Å². The Labute approximate surface area is 223 Å². The van der Waals surface area contributed by atoms with Crippen LogP contribution in [0.5, 0.6) is 0 Å². The summed E-state index contributed by atoms with van der Waals surface area (Å²) in [7, 11) is 0. The Hall–Kier alpha value is -2.69. The van der Waals surface area contributed by atoms with Crippen molar-refractivity contribution in [2.24, 2.45) is 11.8 Å². The molecular weight excluding hydrogens is 460 g/mol. The number of rotatable bonds is 16. The number of allylic oxidation sites excluding steroid dienone is 3. The molecule has 0 amide bonds. The molecule has 1 aliphatic rings. The highest BCUT2D eigenvalue weighted by Crippen LogP contribution is 2.40. The minimum atomic E-state index is -0.910. The van der Waals surface area contributed by atoms with Gasteiger partial charge in [-0.1, -0.05) is 99.0 Å². The van der Waals surface area contributed by atoms with E-state index in [-0.39, 0.29) is 12.2 Å². The van der Waals surface area contributed by atoms with Crippen molar-refractivity contribution in [1.29, 1.82) is 0 Å². The summed E-state index contributed by atoms with van der Waals surface area (Å²) in [6.07, 6.45) is 17.1. The third-order valence-corrected chi connectivity index (χ3v) is 7.55. The molecule has 4 heteroatoms. The van der Waals surface area contributed by atoms with Gasteiger partial charge in [-0.2, -0.15) is 0 Å². The molecule has 2 aromatic rings. The van der Waals surface area contributed by atoms with Crippen LogP contribution >= 0.6 is 0 Å². The van der Waals surface area contributed by atoms with Crippen molar-refractivity contribution < 1.29 is 19.7 Å². The molecule has 0 aromatic heterocycles. The molecule has 1 saturated carbocycles. The molecule has 0 aliphatic heterocycles. The van der Waals surface area contributed by atoms with Gasteiger partial charge in [-0.15, -0.1) is 0 Å². The van der Waals surface area contributed by atoms with Gasteiger partial charge < -0.3 is 14.9 Å². The summed E-state index contributed by atoms with van der Waals surface area (Å²) in [6.45, 7) is 2.80. The van der Waals surface area contributed by atoms with Gasteiger partial charge in [0.15, 0.2) is 0 Å². The van der Waals surface area contributed by atoms with E-state index in [0.717, 1.165) is 44.9 Å². The Morgan fingerprint density at radius 1 is 0.973 bits per heavy atom. The number of benzene rings is 2. The summed E-state index contributed by atoms with van der Waals surface area (Å²) in [6, 6.07) is 19.0. The second-order valence-electron chi connectivity index (χ2n) is 10.3. The number of carboxylic acids is 1. The van der Waals surface area contributed by atoms with E-state index in [2.05, 4.69) is 61.5 Å². The van der Waals surface area contributed by atoms with Crippen LogP contribution in [0, 0.1) is 11.8 Å². The van der Waals surface area contributed by atoms with Crippen molar-refractivity contribution in [3.8, 4) is 11.1 Å². The quantitative estimate of drug-likeness (QED) is 0.138. The first-order chi connectivity index (χ1) is 18.1. The molecule has 2 N–H and O–H groups in total. The summed E-state index contributed by atoms with van der Waals surface area (Å²) in [4.78, 5) is 10.7. The number of hydrogen-bond acceptors (Lipinski definition) is 3. The summed E-state index contributed by atoms with van der Waals surface area (Å²) in [5.41, 5.74) is 3.61. The van der Waals surface area contributed by atoms with Crippen LogP contribution in [-0.4, -0.2) is 28.4 Å². The molecule has 0 radical (unpaired) electrons. The Morgan fingerprint density at radius 2 is 1.73 bits per heavy atom. The monoisotopic (exact) mass is 504 g/mol. The standard InChI is InChI=1S/C33H44O4/c1-2-3-7-14-30(34)23-21-29-22-24-32(31(29)15-10-4-5-11-16-33(35)36)37-25-26-17-19-28(20-18-26)27-12-8-6-9-13-27/h4,6,8-13,16-20,29-32,34H,2-3,5,7,14-15,21-25H2,1H3,(H,35,36)/t29-,30-,31-,32+/m1/s1. The second-order valence-corrected chi connectivity index (χ2v) is 10.3. The molecule has 1 fully saturated rings. The predicted octanol–water partition coefficient (Wildman–Crippen LogP) is 7.96. The Kier molecular flexibility index (Phi) is 12.7. The van der Waals surface area contributed by atoms with Crippen LogP contribution in [0.3, 0.4) is 0 Å². The first-order valence-electron chi connectivity index (χ1n) is 14.0. The Bertz CT molecular complexity index is 964. The van der Waals surface area contributed by atoms with E-state index >= 15 is 0 Å². The van der Waals surface area contributed by atoms with E-state index in [9.17, 15) is 9.90 Å². The molecule has 0 unspecified atom stereocenters. The molecule has 0 bridgehead atoms. The van der Waals surface area contributed by atoms with Crippen molar-refractivity contribution in [1.82, 2.24) is 0 Å².